The number of halogens is 1. The summed E-state index contributed by atoms with van der Waals surface area (Å²) in [4.78, 5) is 10.6. The molecule has 1 amide bonds. The zero-order valence-electron chi connectivity index (χ0n) is 6.60. The molecule has 0 bridgehead atoms. The van der Waals surface area contributed by atoms with E-state index in [2.05, 4.69) is 5.32 Å². The molecule has 0 aliphatic carbocycles. The Labute approximate surface area is 69.4 Å². The first-order valence-electron chi connectivity index (χ1n) is 3.42. The van der Waals surface area contributed by atoms with Crippen molar-refractivity contribution in [2.45, 2.75) is 6.92 Å². The number of anilines is 2. The Bertz CT molecular complexity index is 312. The molecule has 0 fully saturated rings. The van der Waals surface area contributed by atoms with Gasteiger partial charge in [-0.2, -0.15) is 0 Å². The second-order valence-corrected chi connectivity index (χ2v) is 2.41. The first kappa shape index (κ1) is 8.52. The van der Waals surface area contributed by atoms with Crippen LogP contribution >= 0.6 is 0 Å². The highest BCUT2D eigenvalue weighted by Gasteiger charge is 2.01. The molecule has 64 valence electrons. The van der Waals surface area contributed by atoms with E-state index in [0.717, 1.165) is 0 Å². The predicted molar refractivity (Wildman–Crippen MR) is 45.1 cm³/mol. The normalized spacial score (nSPS) is 9.50. The molecule has 0 saturated heterocycles. The van der Waals surface area contributed by atoms with Crippen LogP contribution in [0.15, 0.2) is 18.2 Å². The van der Waals surface area contributed by atoms with Crippen molar-refractivity contribution in [3.05, 3.63) is 24.0 Å². The maximum atomic E-state index is 12.6. The molecule has 0 radical (unpaired) electrons. The van der Waals surface area contributed by atoms with E-state index in [-0.39, 0.29) is 5.91 Å². The third-order valence-electron chi connectivity index (χ3n) is 1.33. The van der Waals surface area contributed by atoms with Crippen LogP contribution in [0.25, 0.3) is 0 Å². The van der Waals surface area contributed by atoms with Gasteiger partial charge in [-0.3, -0.25) is 4.79 Å². The van der Waals surface area contributed by atoms with Gasteiger partial charge < -0.3 is 11.1 Å². The van der Waals surface area contributed by atoms with Crippen LogP contribution in [0.3, 0.4) is 0 Å². The fourth-order valence-corrected chi connectivity index (χ4v) is 0.826. The molecule has 0 aliphatic rings. The summed E-state index contributed by atoms with van der Waals surface area (Å²) in [5.41, 5.74) is 6.12. The Hall–Kier alpha value is -1.58. The van der Waals surface area contributed by atoms with Crippen molar-refractivity contribution < 1.29 is 9.18 Å². The number of rotatable bonds is 1. The molecule has 1 rings (SSSR count). The lowest BCUT2D eigenvalue weighted by atomic mass is 10.2. The molecule has 0 unspecified atom stereocenters. The number of nitrogens with one attached hydrogen (secondary N) is 1. The molecule has 3 N–H and O–H groups in total. The van der Waals surface area contributed by atoms with Crippen LogP contribution in [0.5, 0.6) is 0 Å². The molecule has 0 heterocycles. The summed E-state index contributed by atoms with van der Waals surface area (Å²) < 4.78 is 12.6. The average molecular weight is 168 g/mol. The molecule has 12 heavy (non-hydrogen) atoms. The highest BCUT2D eigenvalue weighted by molar-refractivity contribution is 5.92. The van der Waals surface area contributed by atoms with Gasteiger partial charge in [0.05, 0.1) is 11.4 Å². The molecule has 4 heteroatoms. The van der Waals surface area contributed by atoms with E-state index >= 15 is 0 Å². The topological polar surface area (TPSA) is 55.1 Å². The lowest BCUT2D eigenvalue weighted by Crippen LogP contribution is -2.08. The largest absolute Gasteiger partial charge is 0.397 e. The Morgan fingerprint density at radius 1 is 1.58 bits per heavy atom. The van der Waals surface area contributed by atoms with Crippen LogP contribution in [-0.4, -0.2) is 5.91 Å². The van der Waals surface area contributed by atoms with Gasteiger partial charge in [-0.25, -0.2) is 4.39 Å². The van der Waals surface area contributed by atoms with Crippen molar-refractivity contribution in [3.8, 4) is 0 Å². The second kappa shape index (κ2) is 3.21. The van der Waals surface area contributed by atoms with E-state index in [1.165, 1.54) is 25.1 Å². The Kier molecular flexibility index (Phi) is 2.28. The maximum Gasteiger partial charge on any atom is 0.221 e. The van der Waals surface area contributed by atoms with Crippen LogP contribution in [-0.2, 0) is 4.79 Å². The highest BCUT2D eigenvalue weighted by Crippen LogP contribution is 2.18. The summed E-state index contributed by atoms with van der Waals surface area (Å²) >= 11 is 0. The van der Waals surface area contributed by atoms with Crippen LogP contribution in [0.2, 0.25) is 0 Å². The fraction of sp³-hybridized carbons (Fsp3) is 0.125. The molecular weight excluding hydrogens is 159 g/mol. The standard InChI is InChI=1S/C8H9FN2O/c1-5(12)11-8-4-6(9)2-3-7(8)10/h2-4H,10H2,1H3,(H,11,12). The molecule has 0 aliphatic heterocycles. The van der Waals surface area contributed by atoms with E-state index in [4.69, 9.17) is 5.73 Å². The SMILES string of the molecule is CC(=O)Nc1cc(F)ccc1N. The van der Waals surface area contributed by atoms with E-state index in [1.54, 1.807) is 0 Å². The van der Waals surface area contributed by atoms with Gasteiger partial charge in [0.1, 0.15) is 5.82 Å². The summed E-state index contributed by atoms with van der Waals surface area (Å²) in [5.74, 6) is -0.694. The highest BCUT2D eigenvalue weighted by atomic mass is 19.1. The molecule has 1 aromatic rings. The lowest BCUT2D eigenvalue weighted by molar-refractivity contribution is -0.114. The monoisotopic (exact) mass is 168 g/mol. The van der Waals surface area contributed by atoms with Crippen molar-refractivity contribution in [3.63, 3.8) is 0 Å². The summed E-state index contributed by atoms with van der Waals surface area (Å²) in [6.45, 7) is 1.34. The number of benzene rings is 1. The van der Waals surface area contributed by atoms with Gasteiger partial charge in [-0.1, -0.05) is 0 Å². The molecule has 0 aromatic heterocycles. The average Bonchev–Trinajstić information content (AvgIpc) is 1.96. The first-order valence-corrected chi connectivity index (χ1v) is 3.42. The number of carbonyl (C=O) groups is 1. The summed E-state index contributed by atoms with van der Waals surface area (Å²) in [7, 11) is 0. The number of nitrogens with two attached hydrogens (primary N) is 1. The minimum absolute atomic E-state index is 0.271. The molecule has 0 atom stereocenters. The zero-order valence-corrected chi connectivity index (χ0v) is 6.60. The quantitative estimate of drug-likeness (QED) is 0.622. The number of hydrogen-bond donors (Lipinski definition) is 2. The molecular formula is C8H9FN2O. The Balaban J connectivity index is 2.97. The van der Waals surface area contributed by atoms with Gasteiger partial charge in [-0.05, 0) is 18.2 Å². The van der Waals surface area contributed by atoms with Gasteiger partial charge in [0.2, 0.25) is 5.91 Å². The Morgan fingerprint density at radius 3 is 2.83 bits per heavy atom. The molecule has 0 saturated carbocycles. The maximum absolute atomic E-state index is 12.6. The predicted octanol–water partition coefficient (Wildman–Crippen LogP) is 1.37. The van der Waals surface area contributed by atoms with Crippen LogP contribution in [0.4, 0.5) is 15.8 Å². The summed E-state index contributed by atoms with van der Waals surface area (Å²) in [6, 6.07) is 3.82. The number of carbonyl (C=O) groups excluding carboxylic acids is 1. The van der Waals surface area contributed by atoms with Crippen LogP contribution < -0.4 is 11.1 Å². The van der Waals surface area contributed by atoms with Gasteiger partial charge >= 0.3 is 0 Å². The van der Waals surface area contributed by atoms with E-state index in [1.807, 2.05) is 0 Å². The van der Waals surface area contributed by atoms with E-state index < -0.39 is 5.82 Å². The number of nitrogen functional groups attached to an aromatic ring is 1. The van der Waals surface area contributed by atoms with Crippen molar-refractivity contribution in [1.29, 1.82) is 0 Å². The third-order valence-corrected chi connectivity index (χ3v) is 1.33. The molecule has 3 nitrogen and oxygen atoms in total. The molecule has 1 aromatic carbocycles. The minimum atomic E-state index is -0.423. The summed E-state index contributed by atoms with van der Waals surface area (Å²) in [5, 5.41) is 2.41. The van der Waals surface area contributed by atoms with Gasteiger partial charge in [0.15, 0.2) is 0 Å². The first-order chi connectivity index (χ1) is 5.59. The van der Waals surface area contributed by atoms with E-state index in [0.29, 0.717) is 11.4 Å². The van der Waals surface area contributed by atoms with Crippen LogP contribution in [0, 0.1) is 5.82 Å². The number of hydrogen-bond acceptors (Lipinski definition) is 2. The van der Waals surface area contributed by atoms with Crippen molar-refractivity contribution in [1.82, 2.24) is 0 Å². The van der Waals surface area contributed by atoms with Crippen molar-refractivity contribution >= 4 is 17.3 Å². The van der Waals surface area contributed by atoms with E-state index in [9.17, 15) is 9.18 Å². The third kappa shape index (κ3) is 1.95. The molecule has 0 spiro atoms. The van der Waals surface area contributed by atoms with Gasteiger partial charge in [0.25, 0.3) is 0 Å². The van der Waals surface area contributed by atoms with Crippen LogP contribution in [0.1, 0.15) is 6.92 Å². The number of amides is 1. The Morgan fingerprint density at radius 2 is 2.25 bits per heavy atom. The lowest BCUT2D eigenvalue weighted by Gasteiger charge is -2.04. The van der Waals surface area contributed by atoms with Crippen molar-refractivity contribution in [2.75, 3.05) is 11.1 Å². The smallest absolute Gasteiger partial charge is 0.221 e. The fourth-order valence-electron chi connectivity index (χ4n) is 0.826. The minimum Gasteiger partial charge on any atom is -0.397 e. The van der Waals surface area contributed by atoms with Gasteiger partial charge in [-0.15, -0.1) is 0 Å². The van der Waals surface area contributed by atoms with Gasteiger partial charge in [0, 0.05) is 6.92 Å². The zero-order chi connectivity index (χ0) is 9.14. The van der Waals surface area contributed by atoms with Crippen molar-refractivity contribution in [2.24, 2.45) is 0 Å². The second-order valence-electron chi connectivity index (χ2n) is 2.41. The summed E-state index contributed by atoms with van der Waals surface area (Å²) in [6.07, 6.45) is 0.